The van der Waals surface area contributed by atoms with E-state index in [4.69, 9.17) is 9.05 Å². The zero-order valence-corrected chi connectivity index (χ0v) is 11.9. The minimum absolute atomic E-state index is 0.511. The Labute approximate surface area is 103 Å². The molecule has 1 aliphatic rings. The molecule has 16 heavy (non-hydrogen) atoms. The van der Waals surface area contributed by atoms with Crippen molar-refractivity contribution < 1.29 is 13.9 Å². The number of nitrogens with zero attached hydrogens (tertiary/aromatic N) is 1. The van der Waals surface area contributed by atoms with Crippen LogP contribution in [0.2, 0.25) is 0 Å². The average molecular weight is 268 g/mol. The molecule has 0 amide bonds. The normalized spacial score (nSPS) is 17.4. The van der Waals surface area contributed by atoms with Crippen molar-refractivity contribution in [3.8, 4) is 0 Å². The molecule has 0 spiro atoms. The highest BCUT2D eigenvalue weighted by atomic mass is 32.2. The Morgan fingerprint density at radius 1 is 1.25 bits per heavy atom. The molecule has 1 rings (SSSR count). The monoisotopic (exact) mass is 268 g/mol. The molecule has 0 aliphatic carbocycles. The van der Waals surface area contributed by atoms with Crippen molar-refractivity contribution in [2.24, 2.45) is 0 Å². The van der Waals surface area contributed by atoms with E-state index in [1.807, 2.05) is 13.8 Å². The molecule has 0 atom stereocenters. The minimum Gasteiger partial charge on any atom is -0.302 e. The molecular weight excluding hydrogens is 245 g/mol. The predicted molar refractivity (Wildman–Crippen MR) is 70.8 cm³/mol. The van der Waals surface area contributed by atoms with Crippen LogP contribution in [0.1, 0.15) is 20.3 Å². The zero-order chi connectivity index (χ0) is 11.9. The van der Waals surface area contributed by atoms with Gasteiger partial charge in [0.25, 0.3) is 0 Å². The molecule has 0 aromatic carbocycles. The Kier molecular flexibility index (Phi) is 7.20. The Bertz CT molecular complexity index is 187. The van der Waals surface area contributed by atoms with Crippen molar-refractivity contribution in [3.05, 3.63) is 0 Å². The van der Waals surface area contributed by atoms with Gasteiger partial charge in [-0.2, -0.15) is 13.9 Å². The standard InChI is InChI=1S/C10H23NO3PS/c1-3-13-15(12,14-4-2)10-16-9-8-11-6-5-7-11/h12H,3-10H2,1-2H3/q+1. The molecule has 1 N–H and O–H groups in total. The van der Waals surface area contributed by atoms with Gasteiger partial charge in [0.05, 0.1) is 13.2 Å². The van der Waals surface area contributed by atoms with Gasteiger partial charge in [0.15, 0.2) is 5.49 Å². The second kappa shape index (κ2) is 7.85. The summed E-state index contributed by atoms with van der Waals surface area (Å²) in [7, 11) is -2.58. The van der Waals surface area contributed by atoms with E-state index >= 15 is 0 Å². The maximum absolute atomic E-state index is 10.1. The molecule has 1 fully saturated rings. The first kappa shape index (κ1) is 14.7. The molecule has 96 valence electrons. The van der Waals surface area contributed by atoms with Gasteiger partial charge < -0.3 is 4.90 Å². The first-order valence-electron chi connectivity index (χ1n) is 5.90. The average Bonchev–Trinajstić information content (AvgIpc) is 2.15. The molecule has 1 heterocycles. The molecular formula is C10H23NO3PS+. The van der Waals surface area contributed by atoms with E-state index in [9.17, 15) is 4.89 Å². The lowest BCUT2D eigenvalue weighted by Crippen LogP contribution is -2.38. The lowest BCUT2D eigenvalue weighted by Gasteiger charge is -2.30. The summed E-state index contributed by atoms with van der Waals surface area (Å²) < 4.78 is 10.7. The maximum atomic E-state index is 10.1. The quantitative estimate of drug-likeness (QED) is 0.513. The summed E-state index contributed by atoms with van der Waals surface area (Å²) in [6.07, 6.45) is 1.33. The molecule has 0 aromatic rings. The number of hydrogen-bond acceptors (Lipinski definition) is 5. The second-order valence-corrected chi connectivity index (χ2v) is 7.35. The Balaban J connectivity index is 2.10. The number of likely N-dealkylation sites (tertiary alicyclic amines) is 1. The number of rotatable bonds is 9. The first-order valence-corrected chi connectivity index (χ1v) is 8.82. The van der Waals surface area contributed by atoms with Crippen LogP contribution in [0.4, 0.5) is 0 Å². The lowest BCUT2D eigenvalue weighted by molar-refractivity contribution is 0.192. The highest BCUT2D eigenvalue weighted by Crippen LogP contribution is 2.58. The smallest absolute Gasteiger partial charge is 0.302 e. The van der Waals surface area contributed by atoms with E-state index < -0.39 is 7.94 Å². The third-order valence-corrected chi connectivity index (χ3v) is 6.25. The van der Waals surface area contributed by atoms with Gasteiger partial charge >= 0.3 is 7.94 Å². The highest BCUT2D eigenvalue weighted by Gasteiger charge is 2.39. The lowest BCUT2D eigenvalue weighted by atomic mass is 10.2. The van der Waals surface area contributed by atoms with Crippen molar-refractivity contribution in [1.82, 2.24) is 4.90 Å². The molecule has 0 unspecified atom stereocenters. The van der Waals surface area contributed by atoms with Crippen LogP contribution in [0.5, 0.6) is 0 Å². The van der Waals surface area contributed by atoms with Gasteiger partial charge in [-0.05, 0) is 33.4 Å². The van der Waals surface area contributed by atoms with Gasteiger partial charge in [-0.1, -0.05) is 0 Å². The van der Waals surface area contributed by atoms with Crippen molar-refractivity contribution >= 4 is 19.7 Å². The van der Waals surface area contributed by atoms with E-state index in [2.05, 4.69) is 4.90 Å². The molecule has 0 saturated carbocycles. The number of hydrogen-bond donors (Lipinski definition) is 1. The van der Waals surface area contributed by atoms with Crippen LogP contribution in [0.3, 0.4) is 0 Å². The molecule has 0 aromatic heterocycles. The molecule has 0 bridgehead atoms. The highest BCUT2D eigenvalue weighted by molar-refractivity contribution is 8.05. The van der Waals surface area contributed by atoms with Gasteiger partial charge in [-0.15, -0.1) is 11.8 Å². The van der Waals surface area contributed by atoms with Crippen LogP contribution < -0.4 is 0 Å². The van der Waals surface area contributed by atoms with E-state index in [0.29, 0.717) is 18.7 Å². The van der Waals surface area contributed by atoms with Crippen LogP contribution in [-0.4, -0.2) is 53.9 Å². The van der Waals surface area contributed by atoms with E-state index in [1.54, 1.807) is 11.8 Å². The van der Waals surface area contributed by atoms with Gasteiger partial charge in [-0.3, -0.25) is 0 Å². The molecule has 4 nitrogen and oxygen atoms in total. The van der Waals surface area contributed by atoms with Gasteiger partial charge in [0.2, 0.25) is 0 Å². The maximum Gasteiger partial charge on any atom is 0.419 e. The largest absolute Gasteiger partial charge is 0.419 e. The van der Waals surface area contributed by atoms with E-state index in [-0.39, 0.29) is 0 Å². The zero-order valence-electron chi connectivity index (χ0n) is 10.2. The third-order valence-electron chi connectivity index (χ3n) is 2.42. The van der Waals surface area contributed by atoms with Crippen molar-refractivity contribution in [1.29, 1.82) is 0 Å². The Hall–Kier alpha value is 0.620. The van der Waals surface area contributed by atoms with Crippen molar-refractivity contribution in [3.63, 3.8) is 0 Å². The van der Waals surface area contributed by atoms with Gasteiger partial charge in [-0.25, -0.2) is 0 Å². The van der Waals surface area contributed by atoms with Crippen molar-refractivity contribution in [2.75, 3.05) is 44.1 Å². The topological polar surface area (TPSA) is 41.9 Å². The molecule has 1 aliphatic heterocycles. The number of thioether (sulfide) groups is 1. The van der Waals surface area contributed by atoms with E-state index in [1.165, 1.54) is 19.5 Å². The fraction of sp³-hybridized carbons (Fsp3) is 1.00. The second-order valence-electron chi connectivity index (χ2n) is 3.71. The molecule has 1 saturated heterocycles. The molecule has 0 radical (unpaired) electrons. The van der Waals surface area contributed by atoms with E-state index in [0.717, 1.165) is 12.3 Å². The Morgan fingerprint density at radius 3 is 2.31 bits per heavy atom. The third kappa shape index (κ3) is 5.30. The summed E-state index contributed by atoms with van der Waals surface area (Å²) in [6, 6.07) is 0. The van der Waals surface area contributed by atoms with Crippen molar-refractivity contribution in [2.45, 2.75) is 20.3 Å². The van der Waals surface area contributed by atoms with Gasteiger partial charge in [0.1, 0.15) is 0 Å². The Morgan fingerprint density at radius 2 is 1.88 bits per heavy atom. The van der Waals surface area contributed by atoms with Crippen LogP contribution in [0.15, 0.2) is 0 Å². The fourth-order valence-corrected chi connectivity index (χ4v) is 4.80. The summed E-state index contributed by atoms with van der Waals surface area (Å²) in [5, 5.41) is 0. The van der Waals surface area contributed by atoms with Crippen LogP contribution in [-0.2, 0) is 9.05 Å². The summed E-state index contributed by atoms with van der Waals surface area (Å²) in [6.45, 7) is 8.37. The fourth-order valence-electron chi connectivity index (χ4n) is 1.49. The summed E-state index contributed by atoms with van der Waals surface area (Å²) in [5.74, 6) is 1.04. The SMILES string of the molecule is CCO[P+](O)(CSCCN1CCC1)OCC. The summed E-state index contributed by atoms with van der Waals surface area (Å²) in [4.78, 5) is 12.5. The minimum atomic E-state index is -2.58. The van der Waals surface area contributed by atoms with Crippen LogP contribution >= 0.6 is 19.7 Å². The van der Waals surface area contributed by atoms with Gasteiger partial charge in [0, 0.05) is 12.3 Å². The van der Waals surface area contributed by atoms with Crippen LogP contribution in [0, 0.1) is 0 Å². The predicted octanol–water partition coefficient (Wildman–Crippen LogP) is 2.21. The first-order chi connectivity index (χ1) is 7.70. The van der Waals surface area contributed by atoms with Crippen LogP contribution in [0.25, 0.3) is 0 Å². The molecule has 6 heteroatoms. The summed E-state index contributed by atoms with van der Waals surface area (Å²) >= 11 is 1.73. The summed E-state index contributed by atoms with van der Waals surface area (Å²) in [5.41, 5.74) is 0.586.